The van der Waals surface area contributed by atoms with Crippen molar-refractivity contribution in [1.29, 1.82) is 0 Å². The van der Waals surface area contributed by atoms with Gasteiger partial charge in [0.15, 0.2) is 0 Å². The minimum absolute atomic E-state index is 0.310. The second-order valence-electron chi connectivity index (χ2n) is 4.17. The molecule has 0 unspecified atom stereocenters. The number of hydrogen-bond donors (Lipinski definition) is 0. The number of carbonyl (C=O) groups is 1. The maximum absolute atomic E-state index is 10.8. The molecule has 0 aromatic carbocycles. The molecule has 0 spiro atoms. The van der Waals surface area contributed by atoms with E-state index in [4.69, 9.17) is 16.3 Å². The van der Waals surface area contributed by atoms with E-state index in [0.717, 1.165) is 32.5 Å². The van der Waals surface area contributed by atoms with Gasteiger partial charge >= 0.3 is 5.37 Å². The number of halogens is 1. The van der Waals surface area contributed by atoms with E-state index in [0.29, 0.717) is 12.0 Å². The molecule has 1 aliphatic rings. The first-order valence-corrected chi connectivity index (χ1v) is 5.53. The lowest BCUT2D eigenvalue weighted by Crippen LogP contribution is -2.38. The first kappa shape index (κ1) is 11.8. The smallest absolute Gasteiger partial charge is 0.316 e. The largest absolute Gasteiger partial charge is 0.378 e. The Balaban J connectivity index is 2.19. The van der Waals surface area contributed by atoms with Gasteiger partial charge in [-0.3, -0.25) is 4.79 Å². The molecule has 4 heteroatoms. The zero-order valence-corrected chi connectivity index (χ0v) is 9.59. The molecule has 0 bridgehead atoms. The zero-order valence-electron chi connectivity index (χ0n) is 8.83. The average molecular weight is 220 g/mol. The van der Waals surface area contributed by atoms with Crippen LogP contribution in [0.4, 0.5) is 4.79 Å². The van der Waals surface area contributed by atoms with Crippen LogP contribution in [-0.2, 0) is 4.74 Å². The number of piperidine rings is 1. The van der Waals surface area contributed by atoms with E-state index >= 15 is 0 Å². The number of likely N-dealkylation sites (tertiary alicyclic amines) is 1. The summed E-state index contributed by atoms with van der Waals surface area (Å²) in [5.41, 5.74) is 0. The topological polar surface area (TPSA) is 29.5 Å². The normalized spacial score (nSPS) is 19.0. The highest BCUT2D eigenvalue weighted by atomic mass is 35.5. The van der Waals surface area contributed by atoms with Gasteiger partial charge in [-0.1, -0.05) is 13.8 Å². The van der Waals surface area contributed by atoms with Crippen LogP contribution in [-0.4, -0.2) is 36.1 Å². The minimum Gasteiger partial charge on any atom is -0.378 e. The number of nitrogens with zero attached hydrogens (tertiary/aromatic N) is 1. The Morgan fingerprint density at radius 3 is 2.50 bits per heavy atom. The van der Waals surface area contributed by atoms with Gasteiger partial charge in [-0.05, 0) is 30.4 Å². The number of rotatable bonds is 3. The molecule has 82 valence electrons. The van der Waals surface area contributed by atoms with E-state index in [1.807, 2.05) is 0 Å². The van der Waals surface area contributed by atoms with Crippen molar-refractivity contribution >= 4 is 17.0 Å². The quantitative estimate of drug-likeness (QED) is 0.539. The van der Waals surface area contributed by atoms with Gasteiger partial charge in [-0.25, -0.2) is 0 Å². The summed E-state index contributed by atoms with van der Waals surface area (Å²) in [5, 5.41) is -0.340. The van der Waals surface area contributed by atoms with Gasteiger partial charge in [-0.15, -0.1) is 0 Å². The summed E-state index contributed by atoms with van der Waals surface area (Å²) >= 11 is 5.38. The molecule has 3 nitrogen and oxygen atoms in total. The van der Waals surface area contributed by atoms with E-state index in [1.54, 1.807) is 4.90 Å². The number of carbonyl (C=O) groups excluding carboxylic acids is 1. The molecule has 0 saturated carbocycles. The average Bonchev–Trinajstić information content (AvgIpc) is 2.15. The van der Waals surface area contributed by atoms with Crippen molar-refractivity contribution in [3.05, 3.63) is 0 Å². The lowest BCUT2D eigenvalue weighted by Gasteiger charge is -2.30. The fourth-order valence-corrected chi connectivity index (χ4v) is 1.70. The van der Waals surface area contributed by atoms with E-state index in [9.17, 15) is 4.79 Å². The first-order chi connectivity index (χ1) is 6.59. The highest BCUT2D eigenvalue weighted by molar-refractivity contribution is 6.62. The summed E-state index contributed by atoms with van der Waals surface area (Å²) in [6.45, 7) is 6.53. The number of hydrogen-bond acceptors (Lipinski definition) is 2. The molecule has 1 fully saturated rings. The van der Waals surface area contributed by atoms with Crippen LogP contribution in [0.25, 0.3) is 0 Å². The van der Waals surface area contributed by atoms with Gasteiger partial charge in [0.05, 0.1) is 6.10 Å². The monoisotopic (exact) mass is 219 g/mol. The van der Waals surface area contributed by atoms with E-state index in [1.165, 1.54) is 0 Å². The number of amides is 1. The van der Waals surface area contributed by atoms with Crippen molar-refractivity contribution in [2.24, 2.45) is 5.92 Å². The molecule has 0 aromatic heterocycles. The Hall–Kier alpha value is -0.280. The van der Waals surface area contributed by atoms with Crippen LogP contribution in [0.1, 0.15) is 26.7 Å². The first-order valence-electron chi connectivity index (χ1n) is 5.15. The third-order valence-corrected chi connectivity index (χ3v) is 2.59. The fraction of sp³-hybridized carbons (Fsp3) is 0.900. The highest BCUT2D eigenvalue weighted by Gasteiger charge is 2.21. The van der Waals surface area contributed by atoms with Crippen LogP contribution in [0, 0.1) is 5.92 Å². The summed E-state index contributed by atoms with van der Waals surface area (Å²) in [6.07, 6.45) is 2.13. The SMILES string of the molecule is CC(C)COC1CCN(C(=O)Cl)CC1. The lowest BCUT2D eigenvalue weighted by molar-refractivity contribution is 0.00368. The summed E-state index contributed by atoms with van der Waals surface area (Å²) in [5.74, 6) is 0.572. The van der Waals surface area contributed by atoms with Gasteiger partial charge in [0.25, 0.3) is 0 Å². The molecule has 1 saturated heterocycles. The summed E-state index contributed by atoms with van der Waals surface area (Å²) < 4.78 is 5.69. The Kier molecular flexibility index (Phi) is 4.69. The predicted molar refractivity (Wildman–Crippen MR) is 56.6 cm³/mol. The summed E-state index contributed by atoms with van der Waals surface area (Å²) in [6, 6.07) is 0. The van der Waals surface area contributed by atoms with Crippen LogP contribution in [0.15, 0.2) is 0 Å². The van der Waals surface area contributed by atoms with Crippen molar-refractivity contribution in [3.8, 4) is 0 Å². The van der Waals surface area contributed by atoms with Crippen LogP contribution >= 0.6 is 11.6 Å². The van der Waals surface area contributed by atoms with Crippen LogP contribution in [0.5, 0.6) is 0 Å². The summed E-state index contributed by atoms with van der Waals surface area (Å²) in [7, 11) is 0. The fourth-order valence-electron chi connectivity index (χ4n) is 1.53. The van der Waals surface area contributed by atoms with Crippen LogP contribution < -0.4 is 0 Å². The molecular formula is C10H18ClNO2. The molecule has 0 N–H and O–H groups in total. The lowest BCUT2D eigenvalue weighted by atomic mass is 10.1. The molecule has 0 radical (unpaired) electrons. The second-order valence-corrected chi connectivity index (χ2v) is 4.49. The van der Waals surface area contributed by atoms with Gasteiger partial charge in [0.1, 0.15) is 0 Å². The predicted octanol–water partition coefficient (Wildman–Crippen LogP) is 2.48. The molecule has 1 rings (SSSR count). The molecule has 0 aliphatic carbocycles. The molecule has 1 heterocycles. The molecule has 1 amide bonds. The number of ether oxygens (including phenoxy) is 1. The van der Waals surface area contributed by atoms with Crippen LogP contribution in [0.3, 0.4) is 0 Å². The molecule has 0 atom stereocenters. The van der Waals surface area contributed by atoms with Gasteiger partial charge in [-0.2, -0.15) is 0 Å². The minimum atomic E-state index is -0.340. The van der Waals surface area contributed by atoms with Crippen molar-refractivity contribution in [1.82, 2.24) is 4.90 Å². The van der Waals surface area contributed by atoms with E-state index < -0.39 is 0 Å². The van der Waals surface area contributed by atoms with Gasteiger partial charge in [0, 0.05) is 19.7 Å². The molecular weight excluding hydrogens is 202 g/mol. The van der Waals surface area contributed by atoms with Crippen molar-refractivity contribution in [3.63, 3.8) is 0 Å². The maximum atomic E-state index is 10.8. The Morgan fingerprint density at radius 1 is 1.50 bits per heavy atom. The standard InChI is InChI=1S/C10H18ClNO2/c1-8(2)7-14-9-3-5-12(6-4-9)10(11)13/h8-9H,3-7H2,1-2H3. The second kappa shape index (κ2) is 5.56. The molecule has 14 heavy (non-hydrogen) atoms. The summed E-state index contributed by atoms with van der Waals surface area (Å²) in [4.78, 5) is 12.5. The Morgan fingerprint density at radius 2 is 2.07 bits per heavy atom. The Labute approximate surface area is 90.4 Å². The van der Waals surface area contributed by atoms with Crippen molar-refractivity contribution < 1.29 is 9.53 Å². The van der Waals surface area contributed by atoms with Crippen LogP contribution in [0.2, 0.25) is 0 Å². The highest BCUT2D eigenvalue weighted by Crippen LogP contribution is 2.15. The van der Waals surface area contributed by atoms with E-state index in [2.05, 4.69) is 13.8 Å². The third-order valence-electron chi connectivity index (χ3n) is 2.36. The Bertz CT molecular complexity index is 189. The van der Waals surface area contributed by atoms with Crippen molar-refractivity contribution in [2.75, 3.05) is 19.7 Å². The van der Waals surface area contributed by atoms with Gasteiger partial charge < -0.3 is 9.64 Å². The van der Waals surface area contributed by atoms with Gasteiger partial charge in [0.2, 0.25) is 0 Å². The molecule has 0 aromatic rings. The zero-order chi connectivity index (χ0) is 10.6. The van der Waals surface area contributed by atoms with Crippen molar-refractivity contribution in [2.45, 2.75) is 32.8 Å². The third kappa shape index (κ3) is 3.84. The molecule has 1 aliphatic heterocycles. The van der Waals surface area contributed by atoms with E-state index in [-0.39, 0.29) is 5.37 Å². The maximum Gasteiger partial charge on any atom is 0.316 e.